The number of hydrogen-bond donors (Lipinski definition) is 1. The predicted octanol–water partition coefficient (Wildman–Crippen LogP) is 8.39. The SMILES string of the molecule is CCCCCCCCCCCCCCCCCCOCC(CP(=O)(O)OCC[P+](C)(C)C)OC. The molecule has 0 spiro atoms. The maximum Gasteiger partial charge on any atom is 0.330 e. The van der Waals surface area contributed by atoms with E-state index in [1.165, 1.54) is 96.3 Å². The van der Waals surface area contributed by atoms with Gasteiger partial charge in [-0.25, -0.2) is 0 Å². The Morgan fingerprint density at radius 1 is 0.735 bits per heavy atom. The normalized spacial score (nSPS) is 14.9. The first-order valence-corrected chi connectivity index (χ1v) is 19.2. The molecule has 0 saturated carbocycles. The summed E-state index contributed by atoms with van der Waals surface area (Å²) in [6.45, 7) is 10.2. The molecule has 0 aliphatic heterocycles. The summed E-state index contributed by atoms with van der Waals surface area (Å²) in [5, 5.41) is 0. The van der Waals surface area contributed by atoms with E-state index in [0.717, 1.165) is 12.6 Å². The molecule has 5 nitrogen and oxygen atoms in total. The van der Waals surface area contributed by atoms with Crippen LogP contribution in [0.2, 0.25) is 0 Å². The van der Waals surface area contributed by atoms with E-state index in [1.54, 1.807) is 7.11 Å². The molecular formula is C27H59O5P2+. The fourth-order valence-electron chi connectivity index (χ4n) is 3.93. The van der Waals surface area contributed by atoms with Crippen LogP contribution in [0.15, 0.2) is 0 Å². The minimum absolute atomic E-state index is 0.00888. The van der Waals surface area contributed by atoms with E-state index in [-0.39, 0.29) is 6.16 Å². The van der Waals surface area contributed by atoms with Gasteiger partial charge in [0, 0.05) is 41.0 Å². The van der Waals surface area contributed by atoms with Gasteiger partial charge in [0.1, 0.15) is 0 Å². The third kappa shape index (κ3) is 25.6. The molecule has 34 heavy (non-hydrogen) atoms. The summed E-state index contributed by atoms with van der Waals surface area (Å²) >= 11 is 0. The van der Waals surface area contributed by atoms with E-state index in [4.69, 9.17) is 14.0 Å². The van der Waals surface area contributed by atoms with Gasteiger partial charge in [0.05, 0.1) is 31.6 Å². The average Bonchev–Trinajstić information content (AvgIpc) is 2.76. The zero-order chi connectivity index (χ0) is 25.5. The van der Waals surface area contributed by atoms with Gasteiger partial charge < -0.3 is 18.9 Å². The summed E-state index contributed by atoms with van der Waals surface area (Å²) < 4.78 is 28.6. The molecule has 0 heterocycles. The third-order valence-corrected chi connectivity index (χ3v) is 9.25. The lowest BCUT2D eigenvalue weighted by atomic mass is 10.0. The molecule has 0 aromatic heterocycles. The van der Waals surface area contributed by atoms with Gasteiger partial charge in [-0.3, -0.25) is 4.57 Å². The van der Waals surface area contributed by atoms with Crippen molar-refractivity contribution in [3.05, 3.63) is 0 Å². The van der Waals surface area contributed by atoms with Gasteiger partial charge in [-0.1, -0.05) is 103 Å². The summed E-state index contributed by atoms with van der Waals surface area (Å²) in [4.78, 5) is 10.1. The van der Waals surface area contributed by atoms with Crippen molar-refractivity contribution in [2.45, 2.75) is 116 Å². The van der Waals surface area contributed by atoms with Crippen molar-refractivity contribution >= 4 is 14.9 Å². The lowest BCUT2D eigenvalue weighted by molar-refractivity contribution is 0.0163. The first-order chi connectivity index (χ1) is 16.2. The molecule has 0 fully saturated rings. The van der Waals surface area contributed by atoms with Crippen LogP contribution in [0.5, 0.6) is 0 Å². The Kier molecular flexibility index (Phi) is 23.0. The topological polar surface area (TPSA) is 65.0 Å². The van der Waals surface area contributed by atoms with Crippen LogP contribution in [-0.4, -0.2) is 70.2 Å². The van der Waals surface area contributed by atoms with E-state index in [0.29, 0.717) is 19.8 Å². The van der Waals surface area contributed by atoms with E-state index >= 15 is 0 Å². The molecule has 1 N–H and O–H groups in total. The molecule has 0 radical (unpaired) electrons. The van der Waals surface area contributed by atoms with Gasteiger partial charge in [0.15, 0.2) is 0 Å². The Hall–Kier alpha value is 0.500. The van der Waals surface area contributed by atoms with Gasteiger partial charge >= 0.3 is 7.60 Å². The molecule has 0 aliphatic rings. The molecule has 0 aromatic rings. The van der Waals surface area contributed by atoms with Gasteiger partial charge in [-0.05, 0) is 6.42 Å². The molecular weight excluding hydrogens is 466 g/mol. The molecule has 0 aromatic carbocycles. The van der Waals surface area contributed by atoms with E-state index in [2.05, 4.69) is 26.9 Å². The summed E-state index contributed by atoms with van der Waals surface area (Å²) in [5.74, 6) is 0. The van der Waals surface area contributed by atoms with Crippen molar-refractivity contribution in [2.24, 2.45) is 0 Å². The first-order valence-electron chi connectivity index (χ1n) is 14.1. The number of ether oxygens (including phenoxy) is 2. The first kappa shape index (κ1) is 34.5. The molecule has 0 saturated heterocycles. The molecule has 7 heteroatoms. The second kappa shape index (κ2) is 22.7. The molecule has 2 unspecified atom stereocenters. The second-order valence-electron chi connectivity index (χ2n) is 10.9. The fourth-order valence-corrected chi connectivity index (χ4v) is 5.96. The maximum atomic E-state index is 12.3. The summed E-state index contributed by atoms with van der Waals surface area (Å²) in [6, 6.07) is 0. The van der Waals surface area contributed by atoms with Crippen molar-refractivity contribution in [3.8, 4) is 0 Å². The second-order valence-corrected chi connectivity index (χ2v) is 17.8. The molecule has 206 valence electrons. The van der Waals surface area contributed by atoms with Gasteiger partial charge in [-0.2, -0.15) is 0 Å². The van der Waals surface area contributed by atoms with Crippen LogP contribution in [0.1, 0.15) is 110 Å². The highest BCUT2D eigenvalue weighted by Crippen LogP contribution is 2.48. The standard InChI is InChI=1S/C27H58O5P2/c1-6-7-8-9-10-11-12-13-14-15-16-17-18-19-20-21-22-31-25-27(30-2)26-34(28,29)32-23-24-33(3,4)5/h27H,6-26H2,1-5H3/p+1. The van der Waals surface area contributed by atoms with Crippen LogP contribution in [0.3, 0.4) is 0 Å². The Balaban J connectivity index is 3.49. The van der Waals surface area contributed by atoms with Crippen molar-refractivity contribution in [2.75, 3.05) is 59.2 Å². The van der Waals surface area contributed by atoms with Crippen LogP contribution in [0.4, 0.5) is 0 Å². The van der Waals surface area contributed by atoms with Crippen LogP contribution < -0.4 is 0 Å². The molecule has 0 aliphatic carbocycles. The van der Waals surface area contributed by atoms with Gasteiger partial charge in [0.25, 0.3) is 0 Å². The Morgan fingerprint density at radius 2 is 1.18 bits per heavy atom. The van der Waals surface area contributed by atoms with Crippen LogP contribution in [0, 0.1) is 0 Å². The quantitative estimate of drug-likeness (QED) is 0.0907. The lowest BCUT2D eigenvalue weighted by Crippen LogP contribution is -2.24. The Labute approximate surface area is 213 Å². The van der Waals surface area contributed by atoms with E-state index in [9.17, 15) is 9.46 Å². The third-order valence-electron chi connectivity index (χ3n) is 6.27. The highest BCUT2D eigenvalue weighted by Gasteiger charge is 2.27. The van der Waals surface area contributed by atoms with Gasteiger partial charge in [-0.15, -0.1) is 0 Å². The van der Waals surface area contributed by atoms with E-state index < -0.39 is 21.0 Å². The molecule has 0 rings (SSSR count). The minimum atomic E-state index is -3.63. The molecule has 0 bridgehead atoms. The van der Waals surface area contributed by atoms with Crippen molar-refractivity contribution < 1.29 is 23.5 Å². The van der Waals surface area contributed by atoms with Crippen molar-refractivity contribution in [3.63, 3.8) is 0 Å². The lowest BCUT2D eigenvalue weighted by Gasteiger charge is -2.20. The monoisotopic (exact) mass is 525 g/mol. The highest BCUT2D eigenvalue weighted by atomic mass is 31.2. The molecule has 0 amide bonds. The maximum absolute atomic E-state index is 12.3. The smallest absolute Gasteiger partial charge is 0.330 e. The molecule has 2 atom stereocenters. The number of methoxy groups -OCH3 is 1. The van der Waals surface area contributed by atoms with Crippen molar-refractivity contribution in [1.29, 1.82) is 0 Å². The summed E-state index contributed by atoms with van der Waals surface area (Å²) in [6.07, 6.45) is 22.1. The van der Waals surface area contributed by atoms with Crippen LogP contribution >= 0.6 is 14.9 Å². The predicted molar refractivity (Wildman–Crippen MR) is 151 cm³/mol. The van der Waals surface area contributed by atoms with Crippen LogP contribution in [-0.2, 0) is 18.6 Å². The van der Waals surface area contributed by atoms with Gasteiger partial charge in [0.2, 0.25) is 0 Å². The average molecular weight is 526 g/mol. The number of hydrogen-bond acceptors (Lipinski definition) is 4. The highest BCUT2D eigenvalue weighted by molar-refractivity contribution is 7.73. The Morgan fingerprint density at radius 3 is 1.59 bits per heavy atom. The largest absolute Gasteiger partial charge is 0.379 e. The summed E-state index contributed by atoms with van der Waals surface area (Å²) in [5.41, 5.74) is 0. The van der Waals surface area contributed by atoms with Crippen LogP contribution in [0.25, 0.3) is 0 Å². The fraction of sp³-hybridized carbons (Fsp3) is 1.00. The summed E-state index contributed by atoms with van der Waals surface area (Å²) in [7, 11) is -3.08. The minimum Gasteiger partial charge on any atom is -0.379 e. The number of rotatable bonds is 26. The zero-order valence-corrected chi connectivity index (χ0v) is 25.2. The zero-order valence-electron chi connectivity index (χ0n) is 23.4. The Bertz CT molecular complexity index is 482. The van der Waals surface area contributed by atoms with E-state index in [1.807, 2.05) is 0 Å². The number of unbranched alkanes of at least 4 members (excludes halogenated alkanes) is 15. The van der Waals surface area contributed by atoms with Crippen molar-refractivity contribution in [1.82, 2.24) is 0 Å².